The number of hydrogen-bond donors (Lipinski definition) is 1. The molecule has 1 fully saturated rings. The Morgan fingerprint density at radius 2 is 2.00 bits per heavy atom. The predicted molar refractivity (Wildman–Crippen MR) is 80.9 cm³/mol. The van der Waals surface area contributed by atoms with Crippen LogP contribution in [0.2, 0.25) is 0 Å². The van der Waals surface area contributed by atoms with Gasteiger partial charge in [0.2, 0.25) is 18.6 Å². The maximum atomic E-state index is 12.5. The van der Waals surface area contributed by atoms with Gasteiger partial charge in [0.1, 0.15) is 5.92 Å². The lowest BCUT2D eigenvalue weighted by molar-refractivity contribution is -0.138. The largest absolute Gasteiger partial charge is 0.454 e. The highest BCUT2D eigenvalue weighted by Gasteiger charge is 2.31. The van der Waals surface area contributed by atoms with E-state index in [-0.39, 0.29) is 18.6 Å². The normalized spacial score (nSPS) is 20.7. The number of likely N-dealkylation sites (tertiary alicyclic amines) is 1. The van der Waals surface area contributed by atoms with Crippen LogP contribution in [0.15, 0.2) is 12.1 Å². The molecule has 1 aromatic carbocycles. The maximum absolute atomic E-state index is 12.5. The first-order chi connectivity index (χ1) is 10.6. The molecule has 0 saturated carbocycles. The van der Waals surface area contributed by atoms with Crippen molar-refractivity contribution in [1.29, 1.82) is 0 Å². The molecule has 0 aliphatic carbocycles. The lowest BCUT2D eigenvalue weighted by Crippen LogP contribution is -2.38. The fourth-order valence-corrected chi connectivity index (χ4v) is 2.84. The Bertz CT molecular complexity index is 614. The number of aryl methyl sites for hydroxylation is 1. The molecule has 0 spiro atoms. The predicted octanol–water partition coefficient (Wildman–Crippen LogP) is 1.92. The number of hydrogen-bond acceptors (Lipinski definition) is 4. The minimum absolute atomic E-state index is 0.103. The summed E-state index contributed by atoms with van der Waals surface area (Å²) in [6.07, 6.45) is 2.42. The van der Waals surface area contributed by atoms with E-state index in [2.05, 4.69) is 5.32 Å². The Hall–Kier alpha value is -2.24. The van der Waals surface area contributed by atoms with E-state index >= 15 is 0 Å². The van der Waals surface area contributed by atoms with Crippen LogP contribution in [0, 0.1) is 12.8 Å². The summed E-state index contributed by atoms with van der Waals surface area (Å²) in [5.41, 5.74) is 1.54. The van der Waals surface area contributed by atoms with Crippen LogP contribution in [-0.4, -0.2) is 37.1 Å². The first-order valence-corrected chi connectivity index (χ1v) is 7.52. The number of carbonyl (C=O) groups excluding carboxylic acids is 2. The number of benzene rings is 1. The second-order valence-electron chi connectivity index (χ2n) is 5.82. The zero-order chi connectivity index (χ0) is 15.7. The molecule has 0 bridgehead atoms. The highest BCUT2D eigenvalue weighted by molar-refractivity contribution is 6.06. The van der Waals surface area contributed by atoms with Crippen molar-refractivity contribution in [3.63, 3.8) is 0 Å². The SMILES string of the molecule is Cc1cc2c(cc1NC(=O)C1CCCCN(C)C1=O)OCO2. The van der Waals surface area contributed by atoms with E-state index in [9.17, 15) is 9.59 Å². The molecule has 1 aromatic rings. The molecule has 1 unspecified atom stereocenters. The van der Waals surface area contributed by atoms with E-state index in [0.29, 0.717) is 30.2 Å². The fraction of sp³-hybridized carbons (Fsp3) is 0.500. The van der Waals surface area contributed by atoms with Gasteiger partial charge in [-0.25, -0.2) is 0 Å². The van der Waals surface area contributed by atoms with Gasteiger partial charge in [-0.2, -0.15) is 0 Å². The smallest absolute Gasteiger partial charge is 0.236 e. The summed E-state index contributed by atoms with van der Waals surface area (Å²) in [4.78, 5) is 26.4. The molecule has 1 atom stereocenters. The lowest BCUT2D eigenvalue weighted by Gasteiger charge is -2.20. The molecule has 6 heteroatoms. The highest BCUT2D eigenvalue weighted by atomic mass is 16.7. The number of fused-ring (bicyclic) bond motifs is 1. The van der Waals surface area contributed by atoms with Crippen LogP contribution >= 0.6 is 0 Å². The van der Waals surface area contributed by atoms with Gasteiger partial charge in [-0.15, -0.1) is 0 Å². The third-order valence-corrected chi connectivity index (χ3v) is 4.20. The van der Waals surface area contributed by atoms with Crippen LogP contribution < -0.4 is 14.8 Å². The van der Waals surface area contributed by atoms with Gasteiger partial charge in [-0.3, -0.25) is 9.59 Å². The number of ether oxygens (including phenoxy) is 2. The van der Waals surface area contributed by atoms with Crippen molar-refractivity contribution in [3.05, 3.63) is 17.7 Å². The van der Waals surface area contributed by atoms with E-state index in [0.717, 1.165) is 18.4 Å². The van der Waals surface area contributed by atoms with E-state index in [4.69, 9.17) is 9.47 Å². The van der Waals surface area contributed by atoms with Crippen molar-refractivity contribution in [1.82, 2.24) is 4.90 Å². The molecule has 2 aliphatic rings. The number of rotatable bonds is 2. The first kappa shape index (κ1) is 14.7. The Morgan fingerprint density at radius 3 is 2.77 bits per heavy atom. The van der Waals surface area contributed by atoms with Crippen LogP contribution in [-0.2, 0) is 9.59 Å². The molecule has 0 aromatic heterocycles. The van der Waals surface area contributed by atoms with E-state index in [1.54, 1.807) is 18.0 Å². The highest BCUT2D eigenvalue weighted by Crippen LogP contribution is 2.37. The Labute approximate surface area is 129 Å². The van der Waals surface area contributed by atoms with Crippen molar-refractivity contribution < 1.29 is 19.1 Å². The molecule has 2 heterocycles. The molecule has 2 aliphatic heterocycles. The van der Waals surface area contributed by atoms with Gasteiger partial charge in [-0.05, 0) is 31.4 Å². The molecule has 6 nitrogen and oxygen atoms in total. The van der Waals surface area contributed by atoms with E-state index in [1.165, 1.54) is 0 Å². The summed E-state index contributed by atoms with van der Waals surface area (Å²) < 4.78 is 10.6. The Morgan fingerprint density at radius 1 is 1.27 bits per heavy atom. The molecular weight excluding hydrogens is 284 g/mol. The zero-order valence-electron chi connectivity index (χ0n) is 12.8. The second-order valence-corrected chi connectivity index (χ2v) is 5.82. The number of carbonyl (C=O) groups is 2. The van der Waals surface area contributed by atoms with Crippen LogP contribution in [0.5, 0.6) is 11.5 Å². The monoisotopic (exact) mass is 304 g/mol. The van der Waals surface area contributed by atoms with Gasteiger partial charge in [0, 0.05) is 25.3 Å². The summed E-state index contributed by atoms with van der Waals surface area (Å²) in [5.74, 6) is 0.331. The van der Waals surface area contributed by atoms with Crippen molar-refractivity contribution in [2.24, 2.45) is 5.92 Å². The third kappa shape index (κ3) is 2.73. The van der Waals surface area contributed by atoms with Crippen LogP contribution in [0.25, 0.3) is 0 Å². The van der Waals surface area contributed by atoms with Crippen molar-refractivity contribution in [2.75, 3.05) is 25.7 Å². The molecule has 0 radical (unpaired) electrons. The topological polar surface area (TPSA) is 67.9 Å². The van der Waals surface area contributed by atoms with Gasteiger partial charge in [0.15, 0.2) is 11.5 Å². The molecule has 22 heavy (non-hydrogen) atoms. The van der Waals surface area contributed by atoms with Gasteiger partial charge >= 0.3 is 0 Å². The van der Waals surface area contributed by atoms with Crippen LogP contribution in [0.1, 0.15) is 24.8 Å². The van der Waals surface area contributed by atoms with E-state index in [1.807, 2.05) is 13.0 Å². The number of anilines is 1. The van der Waals surface area contributed by atoms with Crippen LogP contribution in [0.3, 0.4) is 0 Å². The lowest BCUT2D eigenvalue weighted by atomic mass is 10.0. The third-order valence-electron chi connectivity index (χ3n) is 4.20. The van der Waals surface area contributed by atoms with Crippen molar-refractivity contribution in [2.45, 2.75) is 26.2 Å². The summed E-state index contributed by atoms with van der Waals surface area (Å²) in [6, 6.07) is 3.58. The van der Waals surface area contributed by atoms with Crippen molar-refractivity contribution >= 4 is 17.5 Å². The maximum Gasteiger partial charge on any atom is 0.236 e. The molecule has 2 amide bonds. The average molecular weight is 304 g/mol. The minimum Gasteiger partial charge on any atom is -0.454 e. The van der Waals surface area contributed by atoms with Gasteiger partial charge in [0.25, 0.3) is 0 Å². The van der Waals surface area contributed by atoms with Crippen molar-refractivity contribution in [3.8, 4) is 11.5 Å². The molecule has 1 N–H and O–H groups in total. The molecular formula is C16H20N2O4. The van der Waals surface area contributed by atoms with Gasteiger partial charge in [-0.1, -0.05) is 6.42 Å². The quantitative estimate of drug-likeness (QED) is 0.848. The van der Waals surface area contributed by atoms with E-state index < -0.39 is 5.92 Å². The summed E-state index contributed by atoms with van der Waals surface area (Å²) >= 11 is 0. The zero-order valence-corrected chi connectivity index (χ0v) is 12.8. The number of amides is 2. The number of nitrogens with one attached hydrogen (secondary N) is 1. The van der Waals surface area contributed by atoms with Crippen LogP contribution in [0.4, 0.5) is 5.69 Å². The molecule has 3 rings (SSSR count). The van der Waals surface area contributed by atoms with Gasteiger partial charge in [0.05, 0.1) is 0 Å². The molecule has 118 valence electrons. The summed E-state index contributed by atoms with van der Waals surface area (Å²) in [5, 5.41) is 2.87. The summed E-state index contributed by atoms with van der Waals surface area (Å²) in [6.45, 7) is 2.79. The Balaban J connectivity index is 1.78. The van der Waals surface area contributed by atoms with Gasteiger partial charge < -0.3 is 19.7 Å². The molecule has 1 saturated heterocycles. The second kappa shape index (κ2) is 5.87. The summed E-state index contributed by atoms with van der Waals surface area (Å²) in [7, 11) is 1.75. The number of nitrogens with zero attached hydrogens (tertiary/aromatic N) is 1. The standard InChI is InChI=1S/C16H20N2O4/c1-10-7-13-14(22-9-21-13)8-12(10)17-15(19)11-5-3-4-6-18(2)16(11)20/h7-8,11H,3-6,9H2,1-2H3,(H,17,19). The fourth-order valence-electron chi connectivity index (χ4n) is 2.84. The minimum atomic E-state index is -0.614. The Kier molecular flexibility index (Phi) is 3.92. The average Bonchev–Trinajstić information content (AvgIpc) is 2.86. The first-order valence-electron chi connectivity index (χ1n) is 7.52.